The third-order valence-corrected chi connectivity index (χ3v) is 3.64. The molecule has 4 heteroatoms. The third-order valence-electron chi connectivity index (χ3n) is 3.29. The van der Waals surface area contributed by atoms with E-state index >= 15 is 0 Å². The van der Waals surface area contributed by atoms with E-state index in [4.69, 9.17) is 21.1 Å². The number of halogens is 1. The number of alkyl halides is 1. The average molecular weight is 319 g/mol. The van der Waals surface area contributed by atoms with Crippen LogP contribution in [-0.2, 0) is 6.42 Å². The normalized spacial score (nSPS) is 11.8. The quantitative estimate of drug-likeness (QED) is 0.569. The molecule has 2 aromatic rings. The molecule has 0 heterocycles. The molecule has 0 saturated carbocycles. The number of carbonyl (C=O) groups is 1. The lowest BCUT2D eigenvalue weighted by molar-refractivity contribution is 0.0986. The van der Waals surface area contributed by atoms with Crippen LogP contribution in [0.5, 0.6) is 11.5 Å². The maximum atomic E-state index is 12.3. The highest BCUT2D eigenvalue weighted by Gasteiger charge is 2.18. The molecule has 0 aromatic heterocycles. The molecule has 116 valence electrons. The van der Waals surface area contributed by atoms with Crippen LogP contribution in [0.3, 0.4) is 0 Å². The van der Waals surface area contributed by atoms with Crippen molar-refractivity contribution in [2.24, 2.45) is 0 Å². The van der Waals surface area contributed by atoms with Crippen molar-refractivity contribution in [3.05, 3.63) is 59.7 Å². The average Bonchev–Trinajstić information content (AvgIpc) is 2.55. The van der Waals surface area contributed by atoms with Crippen molar-refractivity contribution in [1.82, 2.24) is 0 Å². The van der Waals surface area contributed by atoms with Crippen molar-refractivity contribution < 1.29 is 14.3 Å². The number of ketones is 1. The van der Waals surface area contributed by atoms with Gasteiger partial charge in [0, 0.05) is 5.56 Å². The van der Waals surface area contributed by atoms with Gasteiger partial charge in [0.15, 0.2) is 17.3 Å². The lowest BCUT2D eigenvalue weighted by Gasteiger charge is -2.13. The zero-order valence-electron chi connectivity index (χ0n) is 12.7. The van der Waals surface area contributed by atoms with Gasteiger partial charge in [0.1, 0.15) is 5.38 Å². The first-order valence-electron chi connectivity index (χ1n) is 7.18. The maximum Gasteiger partial charge on any atom is 0.180 e. The van der Waals surface area contributed by atoms with E-state index in [-0.39, 0.29) is 5.78 Å². The summed E-state index contributed by atoms with van der Waals surface area (Å²) in [6.07, 6.45) is 0.444. The third kappa shape index (κ3) is 4.01. The Kier molecular flexibility index (Phi) is 5.84. The first-order chi connectivity index (χ1) is 10.7. The Hall–Kier alpha value is -2.00. The summed E-state index contributed by atoms with van der Waals surface area (Å²) in [5, 5.41) is -0.606. The maximum absolute atomic E-state index is 12.3. The molecule has 22 heavy (non-hydrogen) atoms. The van der Waals surface area contributed by atoms with Crippen molar-refractivity contribution in [2.75, 3.05) is 13.7 Å². The Morgan fingerprint density at radius 1 is 1.14 bits per heavy atom. The van der Waals surface area contributed by atoms with E-state index in [9.17, 15) is 4.79 Å². The van der Waals surface area contributed by atoms with Crippen molar-refractivity contribution in [3.63, 3.8) is 0 Å². The van der Waals surface area contributed by atoms with Crippen molar-refractivity contribution in [2.45, 2.75) is 18.7 Å². The van der Waals surface area contributed by atoms with E-state index < -0.39 is 5.38 Å². The van der Waals surface area contributed by atoms with Crippen molar-refractivity contribution >= 4 is 17.4 Å². The van der Waals surface area contributed by atoms with Crippen molar-refractivity contribution in [3.8, 4) is 11.5 Å². The number of methoxy groups -OCH3 is 1. The van der Waals surface area contributed by atoms with Crippen LogP contribution in [0.25, 0.3) is 0 Å². The lowest BCUT2D eigenvalue weighted by atomic mass is 10.0. The molecule has 0 N–H and O–H groups in total. The summed E-state index contributed by atoms with van der Waals surface area (Å²) < 4.78 is 10.8. The van der Waals surface area contributed by atoms with Crippen LogP contribution < -0.4 is 9.47 Å². The van der Waals surface area contributed by atoms with E-state index in [2.05, 4.69) is 0 Å². The summed E-state index contributed by atoms with van der Waals surface area (Å²) in [6, 6.07) is 14.7. The van der Waals surface area contributed by atoms with Gasteiger partial charge in [-0.05, 0) is 31.0 Å². The molecule has 0 bridgehead atoms. The first-order valence-corrected chi connectivity index (χ1v) is 7.62. The minimum absolute atomic E-state index is 0.0731. The monoisotopic (exact) mass is 318 g/mol. The van der Waals surface area contributed by atoms with Crippen LogP contribution in [0.4, 0.5) is 0 Å². The first kappa shape index (κ1) is 16.4. The fourth-order valence-corrected chi connectivity index (χ4v) is 2.50. The predicted octanol–water partition coefficient (Wildman–Crippen LogP) is 4.13. The zero-order chi connectivity index (χ0) is 15.9. The summed E-state index contributed by atoms with van der Waals surface area (Å²) >= 11 is 6.28. The van der Waals surface area contributed by atoms with Gasteiger partial charge in [0.2, 0.25) is 0 Å². The highest BCUT2D eigenvalue weighted by Crippen LogP contribution is 2.29. The van der Waals surface area contributed by atoms with Crippen LogP contribution in [0.1, 0.15) is 22.8 Å². The number of benzene rings is 2. The Balaban J connectivity index is 2.13. The van der Waals surface area contributed by atoms with E-state index in [1.165, 1.54) is 0 Å². The van der Waals surface area contributed by atoms with Gasteiger partial charge in [-0.2, -0.15) is 0 Å². The molecular weight excluding hydrogens is 300 g/mol. The van der Waals surface area contributed by atoms with Crippen LogP contribution in [0.2, 0.25) is 0 Å². The van der Waals surface area contributed by atoms with Gasteiger partial charge in [0.25, 0.3) is 0 Å². The molecule has 0 fully saturated rings. The topological polar surface area (TPSA) is 35.5 Å². The molecule has 1 unspecified atom stereocenters. The second-order valence-electron chi connectivity index (χ2n) is 4.82. The Morgan fingerprint density at radius 2 is 1.86 bits per heavy atom. The van der Waals surface area contributed by atoms with E-state index in [0.29, 0.717) is 30.1 Å². The summed E-state index contributed by atoms with van der Waals surface area (Å²) in [5.41, 5.74) is 1.56. The molecule has 0 amide bonds. The highest BCUT2D eigenvalue weighted by atomic mass is 35.5. The number of hydrogen-bond donors (Lipinski definition) is 0. The van der Waals surface area contributed by atoms with Gasteiger partial charge >= 0.3 is 0 Å². The van der Waals surface area contributed by atoms with Crippen LogP contribution in [0, 0.1) is 0 Å². The Labute approximate surface area is 135 Å². The lowest BCUT2D eigenvalue weighted by Crippen LogP contribution is -2.17. The standard InChI is InChI=1S/C18H19ClO3/c1-3-22-17-12-13(9-10-16(17)21-2)11-15(19)18(20)14-7-5-4-6-8-14/h4-10,12,15H,3,11H2,1-2H3. The minimum atomic E-state index is -0.606. The van der Waals surface area contributed by atoms with E-state index in [1.54, 1.807) is 19.2 Å². The van der Waals surface area contributed by atoms with Gasteiger partial charge in [-0.15, -0.1) is 11.6 Å². The molecule has 1 atom stereocenters. The summed E-state index contributed by atoms with van der Waals surface area (Å²) in [4.78, 5) is 12.3. The molecule has 0 spiro atoms. The molecule has 2 aromatic carbocycles. The SMILES string of the molecule is CCOc1cc(CC(Cl)C(=O)c2ccccc2)ccc1OC. The molecule has 3 nitrogen and oxygen atoms in total. The minimum Gasteiger partial charge on any atom is -0.493 e. The van der Waals surface area contributed by atoms with Gasteiger partial charge in [-0.25, -0.2) is 0 Å². The largest absolute Gasteiger partial charge is 0.493 e. The summed E-state index contributed by atoms with van der Waals surface area (Å²) in [7, 11) is 1.60. The predicted molar refractivity (Wildman–Crippen MR) is 88.3 cm³/mol. The molecule has 2 rings (SSSR count). The molecule has 0 saturated heterocycles. The van der Waals surface area contributed by atoms with Crippen LogP contribution in [0.15, 0.2) is 48.5 Å². The smallest absolute Gasteiger partial charge is 0.180 e. The van der Waals surface area contributed by atoms with Gasteiger partial charge in [0.05, 0.1) is 13.7 Å². The fourth-order valence-electron chi connectivity index (χ4n) is 2.20. The van der Waals surface area contributed by atoms with E-state index in [0.717, 1.165) is 5.56 Å². The fraction of sp³-hybridized carbons (Fsp3) is 0.278. The number of ether oxygens (including phenoxy) is 2. The second kappa shape index (κ2) is 7.85. The van der Waals surface area contributed by atoms with Gasteiger partial charge in [-0.1, -0.05) is 36.4 Å². The Bertz CT molecular complexity index is 625. The zero-order valence-corrected chi connectivity index (χ0v) is 13.5. The summed E-state index contributed by atoms with van der Waals surface area (Å²) in [5.74, 6) is 1.26. The van der Waals surface area contributed by atoms with E-state index in [1.807, 2.05) is 43.3 Å². The number of carbonyl (C=O) groups excluding carboxylic acids is 1. The van der Waals surface area contributed by atoms with Crippen LogP contribution >= 0.6 is 11.6 Å². The number of rotatable bonds is 7. The molecule has 0 aliphatic rings. The molecule has 0 aliphatic heterocycles. The highest BCUT2D eigenvalue weighted by molar-refractivity contribution is 6.34. The van der Waals surface area contributed by atoms with Crippen molar-refractivity contribution in [1.29, 1.82) is 0 Å². The summed E-state index contributed by atoms with van der Waals surface area (Å²) in [6.45, 7) is 2.46. The molecule has 0 aliphatic carbocycles. The second-order valence-corrected chi connectivity index (χ2v) is 5.35. The Morgan fingerprint density at radius 3 is 2.50 bits per heavy atom. The van der Waals surface area contributed by atoms with Gasteiger partial charge < -0.3 is 9.47 Å². The molecular formula is C18H19ClO3. The number of hydrogen-bond acceptors (Lipinski definition) is 3. The van der Waals surface area contributed by atoms with Gasteiger partial charge in [-0.3, -0.25) is 4.79 Å². The van der Waals surface area contributed by atoms with Crippen LogP contribution in [-0.4, -0.2) is 24.9 Å². The number of Topliss-reactive ketones (excluding diaryl/α,β-unsaturated/α-hetero) is 1. The molecule has 0 radical (unpaired) electrons.